The van der Waals surface area contributed by atoms with Crippen molar-refractivity contribution in [3.63, 3.8) is 0 Å². The van der Waals surface area contributed by atoms with Gasteiger partial charge in [-0.1, -0.05) is 18.2 Å². The number of phenols is 1. The predicted octanol–water partition coefficient (Wildman–Crippen LogP) is 2.31. The molecule has 12 heteroatoms. The lowest BCUT2D eigenvalue weighted by Gasteiger charge is -2.37. The monoisotopic (exact) mass is 507 g/mol. The molecular formula is C24H21N5O6S. The van der Waals surface area contributed by atoms with Crippen molar-refractivity contribution in [3.05, 3.63) is 80.8 Å². The summed E-state index contributed by atoms with van der Waals surface area (Å²) in [5, 5.41) is 23.9. The molecule has 36 heavy (non-hydrogen) atoms. The van der Waals surface area contributed by atoms with Crippen LogP contribution in [0.1, 0.15) is 26.3 Å². The average molecular weight is 508 g/mol. The van der Waals surface area contributed by atoms with Gasteiger partial charge in [0.25, 0.3) is 11.8 Å². The van der Waals surface area contributed by atoms with Crippen molar-refractivity contribution in [2.75, 3.05) is 31.1 Å². The highest BCUT2D eigenvalue weighted by Crippen LogP contribution is 2.30. The fourth-order valence-electron chi connectivity index (χ4n) is 4.55. The van der Waals surface area contributed by atoms with Gasteiger partial charge in [0.15, 0.2) is 10.9 Å². The fourth-order valence-corrected chi connectivity index (χ4v) is 5.24. The molecule has 11 nitrogen and oxygen atoms in total. The van der Waals surface area contributed by atoms with Gasteiger partial charge in [0.05, 0.1) is 16.1 Å². The van der Waals surface area contributed by atoms with Gasteiger partial charge in [-0.25, -0.2) is 4.98 Å². The third-order valence-corrected chi connectivity index (χ3v) is 7.20. The normalized spacial score (nSPS) is 16.3. The molecule has 1 fully saturated rings. The molecule has 3 aromatic rings. The van der Waals surface area contributed by atoms with Crippen LogP contribution in [0.25, 0.3) is 0 Å². The van der Waals surface area contributed by atoms with Crippen molar-refractivity contribution in [1.29, 1.82) is 0 Å². The Balaban J connectivity index is 1.44. The smallest absolute Gasteiger partial charge is 0.310 e. The van der Waals surface area contributed by atoms with Crippen LogP contribution < -0.4 is 4.90 Å². The standard InChI is InChI=1S/C24H21N5O6S/c30-20-6-5-15(13-18(20)29(34)35)14-19(28-21(31)16-3-1-2-4-17(16)22(28)32)23(33)26-8-10-27(11-9-26)24-25-7-12-36-24/h1-7,12-13,19,30H,8-11,14H2/t19-/m0/s1. The molecule has 1 saturated heterocycles. The van der Waals surface area contributed by atoms with Gasteiger partial charge in [-0.15, -0.1) is 11.3 Å². The van der Waals surface area contributed by atoms with Crippen LogP contribution in [0, 0.1) is 10.1 Å². The zero-order valence-corrected chi connectivity index (χ0v) is 19.8. The number of imide groups is 1. The lowest BCUT2D eigenvalue weighted by atomic mass is 10.0. The van der Waals surface area contributed by atoms with Crippen LogP contribution in [0.5, 0.6) is 5.75 Å². The molecule has 0 aliphatic carbocycles. The number of aromatic nitrogens is 1. The van der Waals surface area contributed by atoms with Crippen molar-refractivity contribution in [1.82, 2.24) is 14.8 Å². The summed E-state index contributed by atoms with van der Waals surface area (Å²) in [7, 11) is 0. The Morgan fingerprint density at radius 2 is 1.75 bits per heavy atom. The van der Waals surface area contributed by atoms with Crippen LogP contribution in [0.4, 0.5) is 10.8 Å². The van der Waals surface area contributed by atoms with E-state index in [1.54, 1.807) is 23.2 Å². The molecular weight excluding hydrogens is 486 g/mol. The molecule has 0 unspecified atom stereocenters. The number of benzene rings is 2. The van der Waals surface area contributed by atoms with E-state index in [1.165, 1.54) is 35.6 Å². The summed E-state index contributed by atoms with van der Waals surface area (Å²) in [6.07, 6.45) is 1.59. The highest BCUT2D eigenvalue weighted by atomic mass is 32.1. The molecule has 2 aliphatic rings. The molecule has 0 bridgehead atoms. The summed E-state index contributed by atoms with van der Waals surface area (Å²) in [6, 6.07) is 8.94. The second-order valence-electron chi connectivity index (χ2n) is 8.45. The maximum Gasteiger partial charge on any atom is 0.310 e. The number of anilines is 1. The van der Waals surface area contributed by atoms with Crippen LogP contribution in [0.2, 0.25) is 0 Å². The molecule has 0 saturated carbocycles. The maximum absolute atomic E-state index is 13.8. The van der Waals surface area contributed by atoms with E-state index >= 15 is 0 Å². The molecule has 2 aliphatic heterocycles. The minimum Gasteiger partial charge on any atom is -0.502 e. The number of fused-ring (bicyclic) bond motifs is 1. The number of nitro groups is 1. The molecule has 1 atom stereocenters. The summed E-state index contributed by atoms with van der Waals surface area (Å²) in [5.41, 5.74) is 0.255. The summed E-state index contributed by atoms with van der Waals surface area (Å²) < 4.78 is 0. The summed E-state index contributed by atoms with van der Waals surface area (Å²) >= 11 is 1.50. The number of nitrogens with zero attached hydrogens (tertiary/aromatic N) is 5. The number of aromatic hydroxyl groups is 1. The number of carbonyl (C=O) groups excluding carboxylic acids is 3. The van der Waals surface area contributed by atoms with Crippen LogP contribution in [-0.4, -0.2) is 74.8 Å². The SMILES string of the molecule is O=C([C@H](Cc1ccc(O)c([N+](=O)[O-])c1)N1C(=O)c2ccccc2C1=O)N1CCN(c2nccs2)CC1. The van der Waals surface area contributed by atoms with E-state index in [1.807, 2.05) is 5.38 Å². The van der Waals surface area contributed by atoms with Gasteiger partial charge in [-0.3, -0.25) is 29.4 Å². The van der Waals surface area contributed by atoms with E-state index in [2.05, 4.69) is 9.88 Å². The van der Waals surface area contributed by atoms with Gasteiger partial charge in [0, 0.05) is 50.2 Å². The molecule has 5 rings (SSSR count). The Hall–Kier alpha value is -4.32. The first-order chi connectivity index (χ1) is 17.3. The van der Waals surface area contributed by atoms with Gasteiger partial charge in [-0.05, 0) is 23.8 Å². The van der Waals surface area contributed by atoms with Crippen LogP contribution in [-0.2, 0) is 11.2 Å². The molecule has 1 N–H and O–H groups in total. The summed E-state index contributed by atoms with van der Waals surface area (Å²) in [6.45, 7) is 1.82. The zero-order valence-electron chi connectivity index (χ0n) is 18.9. The first-order valence-electron chi connectivity index (χ1n) is 11.2. The Bertz CT molecular complexity index is 1320. The molecule has 1 aromatic heterocycles. The minimum atomic E-state index is -1.20. The predicted molar refractivity (Wildman–Crippen MR) is 130 cm³/mol. The van der Waals surface area contributed by atoms with Gasteiger partial charge in [-0.2, -0.15) is 0 Å². The Morgan fingerprint density at radius 1 is 1.08 bits per heavy atom. The van der Waals surface area contributed by atoms with Gasteiger partial charge < -0.3 is 14.9 Å². The second-order valence-corrected chi connectivity index (χ2v) is 9.33. The molecule has 3 amide bonds. The third kappa shape index (κ3) is 4.15. The Labute approximate surface area is 209 Å². The van der Waals surface area contributed by atoms with Crippen molar-refractivity contribution >= 4 is 39.9 Å². The number of rotatable bonds is 6. The third-order valence-electron chi connectivity index (χ3n) is 6.37. The van der Waals surface area contributed by atoms with E-state index in [0.29, 0.717) is 31.7 Å². The van der Waals surface area contributed by atoms with Crippen molar-refractivity contribution in [2.45, 2.75) is 12.5 Å². The van der Waals surface area contributed by atoms with Crippen LogP contribution >= 0.6 is 11.3 Å². The van der Waals surface area contributed by atoms with Gasteiger partial charge >= 0.3 is 5.69 Å². The minimum absolute atomic E-state index is 0.127. The van der Waals surface area contributed by atoms with E-state index in [4.69, 9.17) is 0 Å². The largest absolute Gasteiger partial charge is 0.502 e. The molecule has 3 heterocycles. The summed E-state index contributed by atoms with van der Waals surface area (Å²) in [5.74, 6) is -2.09. The van der Waals surface area contributed by atoms with Crippen LogP contribution in [0.3, 0.4) is 0 Å². The average Bonchev–Trinajstić information content (AvgIpc) is 3.51. The van der Waals surface area contributed by atoms with Gasteiger partial charge in [0.1, 0.15) is 6.04 Å². The quantitative estimate of drug-likeness (QED) is 0.305. The zero-order chi connectivity index (χ0) is 25.4. The van der Waals surface area contributed by atoms with E-state index in [-0.39, 0.29) is 17.5 Å². The number of thiazole rings is 1. The van der Waals surface area contributed by atoms with E-state index < -0.39 is 40.1 Å². The first kappa shape index (κ1) is 23.4. The lowest BCUT2D eigenvalue weighted by Crippen LogP contribution is -2.56. The van der Waals surface area contributed by atoms with Gasteiger partial charge in [0.2, 0.25) is 5.91 Å². The van der Waals surface area contributed by atoms with E-state index in [0.717, 1.165) is 16.1 Å². The Kier molecular flexibility index (Phi) is 6.10. The Morgan fingerprint density at radius 3 is 2.33 bits per heavy atom. The van der Waals surface area contributed by atoms with Crippen molar-refractivity contribution in [3.8, 4) is 5.75 Å². The number of piperazine rings is 1. The first-order valence-corrected chi connectivity index (χ1v) is 12.1. The highest BCUT2D eigenvalue weighted by molar-refractivity contribution is 7.13. The number of hydrogen-bond donors (Lipinski definition) is 1. The fraction of sp³-hybridized carbons (Fsp3) is 0.250. The maximum atomic E-state index is 13.8. The number of amides is 3. The van der Waals surface area contributed by atoms with Crippen molar-refractivity contribution < 1.29 is 24.4 Å². The topological polar surface area (TPSA) is 137 Å². The molecule has 0 spiro atoms. The number of carbonyl (C=O) groups is 3. The summed E-state index contributed by atoms with van der Waals surface area (Å²) in [4.78, 5) is 59.8. The second kappa shape index (κ2) is 9.38. The number of nitro benzene ring substituents is 1. The van der Waals surface area contributed by atoms with Crippen LogP contribution in [0.15, 0.2) is 54.0 Å². The number of phenolic OH excluding ortho intramolecular Hbond substituents is 1. The molecule has 184 valence electrons. The van der Waals surface area contributed by atoms with E-state index in [9.17, 15) is 29.6 Å². The molecule has 2 aromatic carbocycles. The molecule has 0 radical (unpaired) electrons. The van der Waals surface area contributed by atoms with Crippen molar-refractivity contribution in [2.24, 2.45) is 0 Å². The number of hydrogen-bond acceptors (Lipinski definition) is 9. The lowest BCUT2D eigenvalue weighted by molar-refractivity contribution is -0.385. The highest BCUT2D eigenvalue weighted by Gasteiger charge is 2.44.